The topological polar surface area (TPSA) is 132 Å². The number of aliphatic hydroxyl groups is 1. The molecule has 0 radical (unpaired) electrons. The van der Waals surface area contributed by atoms with E-state index in [1.165, 1.54) is 0 Å². The summed E-state index contributed by atoms with van der Waals surface area (Å²) in [6.45, 7) is -1.23. The number of nitrogens with zero attached hydrogens (tertiary/aromatic N) is 2. The van der Waals surface area contributed by atoms with Crippen molar-refractivity contribution < 1.29 is 25.2 Å². The van der Waals surface area contributed by atoms with Crippen LogP contribution in [0.5, 0.6) is 0 Å². The van der Waals surface area contributed by atoms with E-state index in [-0.39, 0.29) is 0 Å². The minimum atomic E-state index is -1.23. The van der Waals surface area contributed by atoms with Gasteiger partial charge in [-0.25, -0.2) is 0 Å². The Morgan fingerprint density at radius 1 is 1.25 bits per heavy atom. The molecule has 0 saturated carbocycles. The normalized spacial score (nSPS) is 14.2. The third-order valence-corrected chi connectivity index (χ3v) is 0.814. The van der Waals surface area contributed by atoms with Gasteiger partial charge in [-0.1, -0.05) is 0 Å². The van der Waals surface area contributed by atoms with Gasteiger partial charge in [0.2, 0.25) is 0 Å². The Hall–Kier alpha value is -0.360. The van der Waals surface area contributed by atoms with Crippen molar-refractivity contribution in [3.63, 3.8) is 0 Å². The zero-order chi connectivity index (χ0) is 9.56. The third kappa shape index (κ3) is 6.36. The molecule has 0 bridgehead atoms. The summed E-state index contributed by atoms with van der Waals surface area (Å²) in [7, 11) is 0. The zero-order valence-electron chi connectivity index (χ0n) is 5.86. The molecule has 0 aliphatic carbocycles. The summed E-state index contributed by atoms with van der Waals surface area (Å²) in [6, 6.07) is 0. The Morgan fingerprint density at radius 3 is 2.17 bits per heavy atom. The van der Waals surface area contributed by atoms with Gasteiger partial charge in [-0.3, -0.25) is 9.68 Å². The highest BCUT2D eigenvalue weighted by Crippen LogP contribution is 1.95. The Kier molecular flexibility index (Phi) is 6.00. The van der Waals surface area contributed by atoms with Gasteiger partial charge in [0.25, 0.3) is 0 Å². The first-order valence-corrected chi connectivity index (χ1v) is 2.79. The minimum absolute atomic E-state index is 0.574. The maximum Gasteiger partial charge on any atom is 0.129 e. The quantitative estimate of drug-likeness (QED) is 0.425. The summed E-state index contributed by atoms with van der Waals surface area (Å²) in [5, 5.41) is 42.0. The predicted molar refractivity (Wildman–Crippen MR) is 31.9 cm³/mol. The summed E-state index contributed by atoms with van der Waals surface area (Å²) in [6.07, 6.45) is -1.23. The van der Waals surface area contributed by atoms with E-state index in [0.29, 0.717) is 0 Å². The van der Waals surface area contributed by atoms with E-state index in [0.717, 1.165) is 0 Å². The van der Waals surface area contributed by atoms with Crippen molar-refractivity contribution in [3.8, 4) is 0 Å². The Labute approximate surface area is 66.9 Å². The van der Waals surface area contributed by atoms with E-state index >= 15 is 0 Å². The van der Waals surface area contributed by atoms with Crippen LogP contribution in [0, 0.1) is 10.4 Å². The molecule has 0 aliphatic rings. The molecule has 0 fully saturated rings. The maximum atomic E-state index is 9.79. The summed E-state index contributed by atoms with van der Waals surface area (Å²) in [4.78, 5) is 7.80. The molecule has 0 saturated heterocycles. The second kappa shape index (κ2) is 6.19. The first kappa shape index (κ1) is 11.6. The highest BCUT2D eigenvalue weighted by Gasteiger charge is 2.08. The Bertz CT molecular complexity index is 109. The van der Waals surface area contributed by atoms with Crippen LogP contribution in [-0.4, -0.2) is 45.6 Å². The van der Waals surface area contributed by atoms with Crippen LogP contribution in [0.2, 0.25) is 0 Å². The molecule has 1 atom stereocenters. The number of hydrogen-bond acceptors (Lipinski definition) is 9. The van der Waals surface area contributed by atoms with Gasteiger partial charge in [0.15, 0.2) is 0 Å². The van der Waals surface area contributed by atoms with Crippen LogP contribution in [0.3, 0.4) is 0 Å². The largest absolute Gasteiger partial charge is 0.738 e. The standard InChI is InChI=1S/C3H8N2O7/c6-1-3(12-5(9)10)2-11-4(7)8/h3,6-7,9H,1-2H2/q-2. The van der Waals surface area contributed by atoms with Gasteiger partial charge in [0, 0.05) is 0 Å². The molecule has 74 valence electrons. The number of hydrogen-bond donors (Lipinski definition) is 3. The summed E-state index contributed by atoms with van der Waals surface area (Å²) >= 11 is 0. The minimum Gasteiger partial charge on any atom is -0.738 e. The van der Waals surface area contributed by atoms with E-state index in [9.17, 15) is 10.4 Å². The SMILES string of the molecule is [O-]N(O)OCC(CO)ON([O-])O. The second-order valence-electron chi connectivity index (χ2n) is 1.68. The fraction of sp³-hybridized carbons (Fsp3) is 1.00. The van der Waals surface area contributed by atoms with Gasteiger partial charge in [-0.15, -0.1) is 10.8 Å². The van der Waals surface area contributed by atoms with Crippen LogP contribution < -0.4 is 0 Å². The van der Waals surface area contributed by atoms with Crippen molar-refractivity contribution in [1.82, 2.24) is 10.8 Å². The predicted octanol–water partition coefficient (Wildman–Crippen LogP) is -1.41. The molecular formula is C3H8N2O7-2. The van der Waals surface area contributed by atoms with Crippen molar-refractivity contribution in [1.29, 1.82) is 0 Å². The van der Waals surface area contributed by atoms with E-state index in [1.807, 2.05) is 0 Å². The average Bonchev–Trinajstić information content (AvgIpc) is 1.97. The van der Waals surface area contributed by atoms with Gasteiger partial charge < -0.3 is 25.9 Å². The van der Waals surface area contributed by atoms with Crippen LogP contribution in [0.4, 0.5) is 0 Å². The van der Waals surface area contributed by atoms with Gasteiger partial charge in [0.05, 0.1) is 6.61 Å². The van der Waals surface area contributed by atoms with E-state index in [2.05, 4.69) is 9.68 Å². The maximum absolute atomic E-state index is 9.79. The fourth-order valence-corrected chi connectivity index (χ4v) is 0.391. The lowest BCUT2D eigenvalue weighted by atomic mass is 10.4. The lowest BCUT2D eigenvalue weighted by Crippen LogP contribution is -2.32. The van der Waals surface area contributed by atoms with Crippen LogP contribution in [0.1, 0.15) is 0 Å². The van der Waals surface area contributed by atoms with Crippen molar-refractivity contribution in [3.05, 3.63) is 10.4 Å². The zero-order valence-corrected chi connectivity index (χ0v) is 5.86. The molecule has 0 spiro atoms. The number of aliphatic hydroxyl groups excluding tert-OH is 1. The molecule has 0 aromatic rings. The van der Waals surface area contributed by atoms with E-state index in [4.69, 9.17) is 15.5 Å². The lowest BCUT2D eigenvalue weighted by Gasteiger charge is -2.26. The van der Waals surface area contributed by atoms with Crippen molar-refractivity contribution in [2.24, 2.45) is 0 Å². The molecule has 12 heavy (non-hydrogen) atoms. The molecule has 0 aromatic carbocycles. The van der Waals surface area contributed by atoms with E-state index < -0.39 is 30.1 Å². The summed E-state index contributed by atoms with van der Waals surface area (Å²) in [5.41, 5.74) is 0. The summed E-state index contributed by atoms with van der Waals surface area (Å²) < 4.78 is 0. The van der Waals surface area contributed by atoms with Crippen molar-refractivity contribution in [2.75, 3.05) is 13.2 Å². The molecule has 0 heterocycles. The fourth-order valence-electron chi connectivity index (χ4n) is 0.391. The molecule has 9 nitrogen and oxygen atoms in total. The molecule has 0 rings (SSSR count). The Morgan fingerprint density at radius 2 is 1.83 bits per heavy atom. The van der Waals surface area contributed by atoms with Crippen LogP contribution >= 0.6 is 0 Å². The number of rotatable bonds is 6. The van der Waals surface area contributed by atoms with Gasteiger partial charge in [0.1, 0.15) is 12.7 Å². The van der Waals surface area contributed by atoms with Crippen LogP contribution in [0.25, 0.3) is 0 Å². The lowest BCUT2D eigenvalue weighted by molar-refractivity contribution is -0.364. The van der Waals surface area contributed by atoms with Crippen LogP contribution in [-0.2, 0) is 9.68 Å². The Balaban J connectivity index is 3.53. The highest BCUT2D eigenvalue weighted by atomic mass is 17.1. The first-order valence-electron chi connectivity index (χ1n) is 2.79. The van der Waals surface area contributed by atoms with E-state index in [1.54, 1.807) is 0 Å². The first-order chi connectivity index (χ1) is 5.56. The van der Waals surface area contributed by atoms with Crippen molar-refractivity contribution in [2.45, 2.75) is 6.10 Å². The molecule has 0 amide bonds. The molecule has 0 aliphatic heterocycles. The summed E-state index contributed by atoms with van der Waals surface area (Å²) in [5.74, 6) is 0. The highest BCUT2D eigenvalue weighted by molar-refractivity contribution is 4.50. The van der Waals surface area contributed by atoms with Gasteiger partial charge in [-0.2, -0.15) is 0 Å². The monoisotopic (exact) mass is 184 g/mol. The van der Waals surface area contributed by atoms with Gasteiger partial charge in [-0.05, 0) is 0 Å². The molecule has 3 N–H and O–H groups in total. The smallest absolute Gasteiger partial charge is 0.129 e. The molecule has 9 heteroatoms. The van der Waals surface area contributed by atoms with Crippen molar-refractivity contribution >= 4 is 0 Å². The average molecular weight is 184 g/mol. The van der Waals surface area contributed by atoms with Gasteiger partial charge >= 0.3 is 0 Å². The third-order valence-electron chi connectivity index (χ3n) is 0.814. The second-order valence-corrected chi connectivity index (χ2v) is 1.68. The van der Waals surface area contributed by atoms with Crippen LogP contribution in [0.15, 0.2) is 0 Å². The molecule has 0 aromatic heterocycles. The molecular weight excluding hydrogens is 176 g/mol. The molecule has 1 unspecified atom stereocenters.